The number of hydrogen-bond acceptors (Lipinski definition) is 4. The average Bonchev–Trinajstić information content (AvgIpc) is 3.21. The highest BCUT2D eigenvalue weighted by Gasteiger charge is 2.22. The first-order valence-corrected chi connectivity index (χ1v) is 21.0. The van der Waals surface area contributed by atoms with Crippen LogP contribution >= 0.6 is 0 Å². The minimum Gasteiger partial charge on any atom is -0.496 e. The minimum absolute atomic E-state index is 0.0463. The first kappa shape index (κ1) is 53.1. The molecule has 4 aromatic rings. The smallest absolute Gasteiger partial charge is 0.388 e. The number of halogens is 4. The summed E-state index contributed by atoms with van der Waals surface area (Å²) in [6.45, 7) is 20.3. The van der Waals surface area contributed by atoms with E-state index in [4.69, 9.17) is 20.4 Å². The van der Waals surface area contributed by atoms with E-state index in [9.17, 15) is 22.4 Å². The molecule has 330 valence electrons. The fraction of sp³-hybridized carbons (Fsp3) is 0.440. The lowest BCUT2D eigenvalue weighted by Crippen LogP contribution is -2.29. The molecule has 0 radical (unpaired) electrons. The zero-order valence-electron chi connectivity index (χ0n) is 37.1. The molecule has 3 N–H and O–H groups in total. The number of benzene rings is 4. The largest absolute Gasteiger partial charge is 0.496 e. The summed E-state index contributed by atoms with van der Waals surface area (Å²) in [5.74, 6) is 0.420. The van der Waals surface area contributed by atoms with Gasteiger partial charge in [0, 0.05) is 18.5 Å². The summed E-state index contributed by atoms with van der Waals surface area (Å²) < 4.78 is 51.6. The molecule has 6 nitrogen and oxygen atoms in total. The summed E-state index contributed by atoms with van der Waals surface area (Å²) in [5, 5.41) is 9.57. The maximum atomic E-state index is 13.4. The summed E-state index contributed by atoms with van der Waals surface area (Å²) in [5.41, 5.74) is 12.2. The fourth-order valence-electron chi connectivity index (χ4n) is 6.46. The van der Waals surface area contributed by atoms with Crippen LogP contribution in [0, 0.1) is 18.7 Å². The Morgan fingerprint density at radius 1 is 0.950 bits per heavy atom. The van der Waals surface area contributed by atoms with Crippen molar-refractivity contribution in [3.63, 3.8) is 0 Å². The molecule has 4 aromatic carbocycles. The predicted molar refractivity (Wildman–Crippen MR) is 242 cm³/mol. The summed E-state index contributed by atoms with van der Waals surface area (Å²) in [6, 6.07) is 23.1. The summed E-state index contributed by atoms with van der Waals surface area (Å²) in [7, 11) is 1.79. The van der Waals surface area contributed by atoms with E-state index in [0.717, 1.165) is 43.6 Å². The summed E-state index contributed by atoms with van der Waals surface area (Å²) in [6.07, 6.45) is 9.99. The maximum absolute atomic E-state index is 13.4. The Bertz CT molecular complexity index is 1910. The van der Waals surface area contributed by atoms with Crippen molar-refractivity contribution in [2.45, 2.75) is 119 Å². The Morgan fingerprint density at radius 3 is 2.08 bits per heavy atom. The third-order valence-corrected chi connectivity index (χ3v) is 9.93. The number of rotatable bonds is 12. The number of methoxy groups -OCH3 is 1. The number of piperidine rings is 1. The van der Waals surface area contributed by atoms with Gasteiger partial charge in [0.05, 0.1) is 12.7 Å². The number of allylic oxidation sites excluding steroid dienone is 3. The molecular formula is C50H68F4N2O4. The van der Waals surface area contributed by atoms with E-state index in [1.165, 1.54) is 90.7 Å². The van der Waals surface area contributed by atoms with Crippen LogP contribution in [0.3, 0.4) is 0 Å². The Balaban J connectivity index is 0.000000467. The molecule has 0 aromatic heterocycles. The number of ether oxygens (including phenoxy) is 1. The monoisotopic (exact) mass is 837 g/mol. The molecule has 1 atom stereocenters. The predicted octanol–water partition coefficient (Wildman–Crippen LogP) is 13.8. The number of carbonyl (C=O) groups is 2. The Hall–Kier alpha value is -4.96. The molecule has 1 aliphatic heterocycles. The highest BCUT2D eigenvalue weighted by molar-refractivity contribution is 5.99. The second-order valence-corrected chi connectivity index (χ2v) is 14.9. The van der Waals surface area contributed by atoms with Gasteiger partial charge in [-0.15, -0.1) is 0 Å². The Kier molecular flexibility index (Phi) is 25.2. The third-order valence-electron chi connectivity index (χ3n) is 9.93. The fourth-order valence-corrected chi connectivity index (χ4v) is 6.46. The molecular weight excluding hydrogens is 769 g/mol. The van der Waals surface area contributed by atoms with E-state index < -0.39 is 24.3 Å². The van der Waals surface area contributed by atoms with E-state index in [1.54, 1.807) is 27.0 Å². The van der Waals surface area contributed by atoms with Crippen LogP contribution in [0.15, 0.2) is 85.5 Å². The third kappa shape index (κ3) is 19.0. The number of carbonyl (C=O) groups excluding carboxylic acids is 1. The second kappa shape index (κ2) is 28.5. The lowest BCUT2D eigenvalue weighted by atomic mass is 9.93. The van der Waals surface area contributed by atoms with E-state index in [-0.39, 0.29) is 12.0 Å². The summed E-state index contributed by atoms with van der Waals surface area (Å²) >= 11 is 0. The SMILES string of the molecule is C=C(C)c1cc(C)c(C(N)=O)c(F)c1.CCC(F)(F)F.CCC/C=C\C(C)CC.CCCc1cccc2c(-c3ccc(CN4CCCCC4)cc3OC)cccc12.O=CO. The molecule has 1 saturated heterocycles. The van der Waals surface area contributed by atoms with E-state index in [1.807, 2.05) is 0 Å². The average molecular weight is 837 g/mol. The molecule has 10 heteroatoms. The zero-order chi connectivity index (χ0) is 45.3. The van der Waals surface area contributed by atoms with Gasteiger partial charge in [-0.25, -0.2) is 4.39 Å². The molecule has 0 spiro atoms. The number of hydrogen-bond donors (Lipinski definition) is 2. The van der Waals surface area contributed by atoms with Crippen molar-refractivity contribution < 1.29 is 37.0 Å². The van der Waals surface area contributed by atoms with Gasteiger partial charge in [-0.2, -0.15) is 13.2 Å². The van der Waals surface area contributed by atoms with Crippen molar-refractivity contribution in [2.75, 3.05) is 20.2 Å². The van der Waals surface area contributed by atoms with Crippen LogP contribution in [0.2, 0.25) is 0 Å². The molecule has 1 aliphatic rings. The number of primary amides is 1. The van der Waals surface area contributed by atoms with Crippen molar-refractivity contribution in [1.82, 2.24) is 4.90 Å². The highest BCUT2D eigenvalue weighted by Crippen LogP contribution is 2.37. The number of likely N-dealkylation sites (tertiary alicyclic amines) is 1. The maximum Gasteiger partial charge on any atom is 0.388 e. The van der Waals surface area contributed by atoms with Crippen LogP contribution in [0.1, 0.15) is 126 Å². The first-order chi connectivity index (χ1) is 28.5. The highest BCUT2D eigenvalue weighted by atomic mass is 19.4. The standard InChI is InChI=1S/C26H31NO.C11H12FNO.C9H18.C3H5F3.CH2O2/c1-3-9-21-10-7-12-23-22(21)11-8-13-24(23)25-15-14-20(18-26(25)28-2)19-27-16-5-4-6-17-27;1-6(2)8-4-7(3)10(11(13)14)9(12)5-8;1-4-6-7-8-9(3)5-2;1-2-3(4,5)6;2-1-3/h7-8,10-15,18H,3-6,9,16-17,19H2,1-2H3;4-5H,1H2,2-3H3,(H2,13,14);7-9H,4-6H2,1-3H3;2H2,1H3;1H,(H,2,3)/b;;8-7-;;. The van der Waals surface area contributed by atoms with Crippen molar-refractivity contribution >= 4 is 28.7 Å². The second-order valence-electron chi connectivity index (χ2n) is 14.9. The lowest BCUT2D eigenvalue weighted by Gasteiger charge is -2.26. The molecule has 60 heavy (non-hydrogen) atoms. The van der Waals surface area contributed by atoms with Crippen LogP contribution in [0.25, 0.3) is 27.5 Å². The molecule has 0 aliphatic carbocycles. The number of amides is 1. The van der Waals surface area contributed by atoms with Crippen molar-refractivity contribution in [3.05, 3.63) is 119 Å². The number of fused-ring (bicyclic) bond motifs is 1. The molecule has 0 saturated carbocycles. The number of alkyl halides is 3. The van der Waals surface area contributed by atoms with Crippen LogP contribution in [0.5, 0.6) is 5.75 Å². The van der Waals surface area contributed by atoms with Gasteiger partial charge in [0.15, 0.2) is 0 Å². The van der Waals surface area contributed by atoms with Crippen LogP contribution < -0.4 is 10.5 Å². The molecule has 0 bridgehead atoms. The molecule has 5 rings (SSSR count). The lowest BCUT2D eigenvalue weighted by molar-refractivity contribution is -0.130. The van der Waals surface area contributed by atoms with Crippen LogP contribution in [-0.4, -0.2) is 48.8 Å². The minimum atomic E-state index is -3.96. The van der Waals surface area contributed by atoms with Crippen molar-refractivity contribution in [1.29, 1.82) is 0 Å². The first-order valence-electron chi connectivity index (χ1n) is 21.0. The van der Waals surface area contributed by atoms with Gasteiger partial charge in [0.1, 0.15) is 11.6 Å². The summed E-state index contributed by atoms with van der Waals surface area (Å²) in [4.78, 5) is 21.8. The van der Waals surface area contributed by atoms with Gasteiger partial charge < -0.3 is 15.6 Å². The topological polar surface area (TPSA) is 92.9 Å². The van der Waals surface area contributed by atoms with Gasteiger partial charge in [-0.1, -0.05) is 139 Å². The zero-order valence-corrected chi connectivity index (χ0v) is 37.1. The van der Waals surface area contributed by atoms with E-state index in [0.29, 0.717) is 11.1 Å². The van der Waals surface area contributed by atoms with Gasteiger partial charge in [-0.3, -0.25) is 14.5 Å². The Labute approximate surface area is 356 Å². The number of unbranched alkanes of at least 4 members (excludes halogenated alkanes) is 1. The normalized spacial score (nSPS) is 12.9. The van der Waals surface area contributed by atoms with Gasteiger partial charge in [0.2, 0.25) is 0 Å². The van der Waals surface area contributed by atoms with E-state index in [2.05, 4.69) is 106 Å². The number of nitrogens with two attached hydrogens (primary N) is 1. The molecule has 1 fully saturated rings. The molecule has 1 unspecified atom stereocenters. The quantitative estimate of drug-likeness (QED) is 0.0842. The van der Waals surface area contributed by atoms with Crippen LogP contribution in [0.4, 0.5) is 17.6 Å². The number of aryl methyl sites for hydroxylation is 2. The number of nitrogens with zero attached hydrogens (tertiary/aromatic N) is 1. The molecule has 1 amide bonds. The van der Waals surface area contributed by atoms with Gasteiger partial charge in [-0.05, 0) is 109 Å². The van der Waals surface area contributed by atoms with Crippen LogP contribution in [-0.2, 0) is 17.8 Å². The van der Waals surface area contributed by atoms with E-state index >= 15 is 0 Å². The van der Waals surface area contributed by atoms with Crippen molar-refractivity contribution in [3.8, 4) is 16.9 Å². The Morgan fingerprint density at radius 2 is 1.57 bits per heavy atom. The van der Waals surface area contributed by atoms with Gasteiger partial charge >= 0.3 is 6.18 Å². The molecule has 1 heterocycles. The number of carboxylic acid groups (broad SMARTS) is 1. The van der Waals surface area contributed by atoms with Crippen molar-refractivity contribution in [2.24, 2.45) is 11.7 Å². The van der Waals surface area contributed by atoms with Gasteiger partial charge in [0.25, 0.3) is 12.4 Å².